The van der Waals surface area contributed by atoms with Crippen LogP contribution >= 0.6 is 0 Å². The van der Waals surface area contributed by atoms with Crippen molar-refractivity contribution in [1.29, 1.82) is 0 Å². The van der Waals surface area contributed by atoms with Gasteiger partial charge in [-0.3, -0.25) is 4.99 Å². The number of ether oxygens (including phenoxy) is 1. The molecule has 0 unspecified atom stereocenters. The Kier molecular flexibility index (Phi) is 7.67. The van der Waals surface area contributed by atoms with Crippen LogP contribution in [0.1, 0.15) is 31.9 Å². The zero-order chi connectivity index (χ0) is 21.5. The third-order valence-corrected chi connectivity index (χ3v) is 5.24. The summed E-state index contributed by atoms with van der Waals surface area (Å²) in [5.74, 6) is 1.55. The van der Waals surface area contributed by atoms with Crippen molar-refractivity contribution in [3.63, 3.8) is 0 Å². The van der Waals surface area contributed by atoms with Crippen molar-refractivity contribution in [2.24, 2.45) is 4.99 Å². The highest BCUT2D eigenvalue weighted by atomic mass is 32.2. The average molecular weight is 418 g/mol. The summed E-state index contributed by atoms with van der Waals surface area (Å²) in [6, 6.07) is 14.9. The topological polar surface area (TPSA) is 79.8 Å². The number of hydrogen-bond acceptors (Lipinski definition) is 4. The molecule has 0 saturated heterocycles. The molecule has 0 atom stereocenters. The van der Waals surface area contributed by atoms with E-state index in [-0.39, 0.29) is 5.60 Å². The van der Waals surface area contributed by atoms with Crippen molar-refractivity contribution < 1.29 is 13.2 Å². The van der Waals surface area contributed by atoms with Crippen LogP contribution in [0, 0.1) is 0 Å². The molecule has 2 N–H and O–H groups in total. The average Bonchev–Trinajstić information content (AvgIpc) is 2.64. The van der Waals surface area contributed by atoms with Gasteiger partial charge in [0.25, 0.3) is 0 Å². The van der Waals surface area contributed by atoms with Crippen LogP contribution < -0.4 is 15.4 Å². The van der Waals surface area contributed by atoms with Crippen LogP contribution in [0.4, 0.5) is 0 Å². The Bertz CT molecular complexity index is 931. The van der Waals surface area contributed by atoms with Gasteiger partial charge in [0, 0.05) is 32.0 Å². The fraction of sp³-hybridized carbons (Fsp3) is 0.409. The predicted octanol–water partition coefficient (Wildman–Crippen LogP) is 3.18. The van der Waals surface area contributed by atoms with Crippen LogP contribution in [0.3, 0.4) is 0 Å². The molecule has 0 radical (unpaired) electrons. The Morgan fingerprint density at radius 3 is 2.28 bits per heavy atom. The number of aliphatic imine (C=N–C) groups is 1. The van der Waals surface area contributed by atoms with Crippen LogP contribution in [0.15, 0.2) is 58.4 Å². The van der Waals surface area contributed by atoms with Crippen molar-refractivity contribution in [2.75, 3.05) is 19.8 Å². The Hall–Kier alpha value is -2.54. The van der Waals surface area contributed by atoms with Gasteiger partial charge in [-0.1, -0.05) is 30.3 Å². The van der Waals surface area contributed by atoms with Gasteiger partial charge in [-0.15, -0.1) is 0 Å². The molecule has 158 valence electrons. The van der Waals surface area contributed by atoms with Gasteiger partial charge in [-0.05, 0) is 51.0 Å². The lowest BCUT2D eigenvalue weighted by Gasteiger charge is -2.23. The van der Waals surface area contributed by atoms with Gasteiger partial charge in [0.1, 0.15) is 11.4 Å². The first-order valence-corrected chi connectivity index (χ1v) is 11.5. The summed E-state index contributed by atoms with van der Waals surface area (Å²) < 4.78 is 29.1. The Balaban J connectivity index is 1.88. The highest BCUT2D eigenvalue weighted by molar-refractivity contribution is 7.90. The van der Waals surface area contributed by atoms with Crippen LogP contribution in [-0.2, 0) is 22.8 Å². The fourth-order valence-corrected chi connectivity index (χ4v) is 3.34. The molecule has 0 fully saturated rings. The molecule has 0 amide bonds. The largest absolute Gasteiger partial charge is 0.488 e. The number of benzene rings is 2. The first-order chi connectivity index (χ1) is 13.6. The zero-order valence-corrected chi connectivity index (χ0v) is 18.6. The Morgan fingerprint density at radius 2 is 1.69 bits per heavy atom. The molecule has 2 aromatic rings. The number of para-hydroxylation sites is 1. The minimum Gasteiger partial charge on any atom is -0.488 e. The molecule has 0 heterocycles. The second-order valence-electron chi connectivity index (χ2n) is 7.84. The Labute approximate surface area is 174 Å². The molecule has 0 spiro atoms. The maximum absolute atomic E-state index is 11.5. The predicted molar refractivity (Wildman–Crippen MR) is 118 cm³/mol. The number of rotatable bonds is 7. The first kappa shape index (κ1) is 22.7. The number of nitrogens with one attached hydrogen (secondary N) is 2. The zero-order valence-electron chi connectivity index (χ0n) is 17.8. The third-order valence-electron chi connectivity index (χ3n) is 4.12. The van der Waals surface area contributed by atoms with Gasteiger partial charge in [0.15, 0.2) is 15.8 Å². The molecular weight excluding hydrogens is 386 g/mol. The van der Waals surface area contributed by atoms with E-state index >= 15 is 0 Å². The van der Waals surface area contributed by atoms with Crippen LogP contribution in [-0.4, -0.2) is 39.8 Å². The molecule has 2 aromatic carbocycles. The lowest BCUT2D eigenvalue weighted by Crippen LogP contribution is -2.38. The summed E-state index contributed by atoms with van der Waals surface area (Å²) in [7, 11) is -1.43. The maximum atomic E-state index is 11.5. The summed E-state index contributed by atoms with van der Waals surface area (Å²) >= 11 is 0. The van der Waals surface area contributed by atoms with Gasteiger partial charge in [-0.2, -0.15) is 0 Å². The van der Waals surface area contributed by atoms with Gasteiger partial charge in [-0.25, -0.2) is 8.42 Å². The van der Waals surface area contributed by atoms with Crippen LogP contribution in [0.2, 0.25) is 0 Å². The second-order valence-corrected chi connectivity index (χ2v) is 9.86. The van der Waals surface area contributed by atoms with E-state index < -0.39 is 9.84 Å². The summed E-state index contributed by atoms with van der Waals surface area (Å²) in [5, 5.41) is 6.59. The normalized spacial score (nSPS) is 12.5. The van der Waals surface area contributed by atoms with E-state index in [1.54, 1.807) is 19.2 Å². The van der Waals surface area contributed by atoms with Gasteiger partial charge in [0.2, 0.25) is 0 Å². The van der Waals surface area contributed by atoms with Gasteiger partial charge >= 0.3 is 0 Å². The summed E-state index contributed by atoms with van der Waals surface area (Å²) in [4.78, 5) is 4.60. The highest BCUT2D eigenvalue weighted by Gasteiger charge is 2.14. The minimum atomic E-state index is -3.16. The smallest absolute Gasteiger partial charge is 0.191 e. The number of nitrogens with zero attached hydrogens (tertiary/aromatic N) is 1. The van der Waals surface area contributed by atoms with E-state index in [4.69, 9.17) is 4.74 Å². The summed E-state index contributed by atoms with van der Waals surface area (Å²) in [6.45, 7) is 7.35. The standard InChI is InChI=1S/C22H31N3O3S/c1-22(2,3)28-20-9-7-6-8-18(20)16-25-21(23-4)24-15-14-17-10-12-19(13-11-17)29(5,26)27/h6-13H,14-16H2,1-5H3,(H2,23,24,25). The number of guanidine groups is 1. The molecule has 6 nitrogen and oxygen atoms in total. The molecule has 0 aliphatic rings. The molecule has 0 aliphatic carbocycles. The van der Waals surface area contributed by atoms with E-state index in [0.29, 0.717) is 23.9 Å². The molecule has 0 aromatic heterocycles. The Morgan fingerprint density at radius 1 is 1.03 bits per heavy atom. The van der Waals surface area contributed by atoms with Crippen LogP contribution in [0.25, 0.3) is 0 Å². The first-order valence-electron chi connectivity index (χ1n) is 9.59. The second kappa shape index (κ2) is 9.78. The minimum absolute atomic E-state index is 0.261. The highest BCUT2D eigenvalue weighted by Crippen LogP contribution is 2.22. The van der Waals surface area contributed by atoms with Crippen molar-refractivity contribution >= 4 is 15.8 Å². The monoisotopic (exact) mass is 417 g/mol. The van der Waals surface area contributed by atoms with Crippen LogP contribution in [0.5, 0.6) is 5.75 Å². The molecule has 0 bridgehead atoms. The third kappa shape index (κ3) is 7.77. The van der Waals surface area contributed by atoms with E-state index in [1.165, 1.54) is 6.26 Å². The lowest BCUT2D eigenvalue weighted by atomic mass is 10.1. The van der Waals surface area contributed by atoms with Gasteiger partial charge in [0.05, 0.1) is 4.90 Å². The summed E-state index contributed by atoms with van der Waals surface area (Å²) in [5.41, 5.74) is 1.86. The molecule has 2 rings (SSSR count). The maximum Gasteiger partial charge on any atom is 0.191 e. The van der Waals surface area contributed by atoms with E-state index in [1.807, 2.05) is 57.2 Å². The lowest BCUT2D eigenvalue weighted by molar-refractivity contribution is 0.129. The quantitative estimate of drug-likeness (QED) is 0.534. The fourth-order valence-electron chi connectivity index (χ4n) is 2.71. The molecule has 0 aliphatic heterocycles. The van der Waals surface area contributed by atoms with Crippen molar-refractivity contribution in [3.05, 3.63) is 59.7 Å². The molecular formula is C22H31N3O3S. The SMILES string of the molecule is CN=C(NCCc1ccc(S(C)(=O)=O)cc1)NCc1ccccc1OC(C)(C)C. The number of hydrogen-bond donors (Lipinski definition) is 2. The summed E-state index contributed by atoms with van der Waals surface area (Å²) in [6.07, 6.45) is 1.97. The molecule has 0 saturated carbocycles. The van der Waals surface area contributed by atoms with Crippen molar-refractivity contribution in [2.45, 2.75) is 44.2 Å². The number of sulfone groups is 1. The van der Waals surface area contributed by atoms with E-state index in [0.717, 1.165) is 23.3 Å². The van der Waals surface area contributed by atoms with Gasteiger partial charge < -0.3 is 15.4 Å². The molecule has 29 heavy (non-hydrogen) atoms. The van der Waals surface area contributed by atoms with Crippen molar-refractivity contribution in [3.8, 4) is 5.75 Å². The van der Waals surface area contributed by atoms with Crippen molar-refractivity contribution in [1.82, 2.24) is 10.6 Å². The molecule has 7 heteroatoms. The van der Waals surface area contributed by atoms with E-state index in [9.17, 15) is 8.42 Å². The van der Waals surface area contributed by atoms with E-state index in [2.05, 4.69) is 15.6 Å².